The lowest BCUT2D eigenvalue weighted by Crippen LogP contribution is -2.60. The van der Waals surface area contributed by atoms with Crippen molar-refractivity contribution >= 4 is 11.2 Å². The zero-order valence-electron chi connectivity index (χ0n) is 16.5. The fraction of sp³-hybridized carbons (Fsp3) is 0.500. The van der Waals surface area contributed by atoms with Gasteiger partial charge in [0.05, 0.1) is 23.0 Å². The molecule has 0 amide bonds. The molecule has 1 saturated carbocycles. The van der Waals surface area contributed by atoms with Crippen molar-refractivity contribution in [3.8, 4) is 17.4 Å². The maximum Gasteiger partial charge on any atom is 0.168 e. The molecule has 2 saturated heterocycles. The van der Waals surface area contributed by atoms with Crippen molar-refractivity contribution in [1.82, 2.24) is 19.7 Å². The molecule has 2 bridgehead atoms. The highest BCUT2D eigenvalue weighted by Gasteiger charge is 2.47. The van der Waals surface area contributed by atoms with Crippen LogP contribution in [0.1, 0.15) is 31.4 Å². The molecule has 29 heavy (non-hydrogen) atoms. The van der Waals surface area contributed by atoms with Gasteiger partial charge in [0.2, 0.25) is 0 Å². The average Bonchev–Trinajstić information content (AvgIpc) is 3.37. The monoisotopic (exact) mass is 388 g/mol. The Morgan fingerprint density at radius 2 is 1.93 bits per heavy atom. The van der Waals surface area contributed by atoms with E-state index in [-0.39, 0.29) is 5.92 Å². The molecule has 7 nitrogen and oxygen atoms in total. The van der Waals surface area contributed by atoms with Crippen LogP contribution in [0.4, 0.5) is 5.69 Å². The third-order valence-electron chi connectivity index (χ3n) is 7.00. The van der Waals surface area contributed by atoms with Crippen LogP contribution >= 0.6 is 0 Å². The van der Waals surface area contributed by atoms with Crippen LogP contribution in [0, 0.1) is 24.2 Å². The molecule has 3 aliphatic rings. The van der Waals surface area contributed by atoms with E-state index in [1.165, 1.54) is 18.5 Å². The van der Waals surface area contributed by atoms with Crippen molar-refractivity contribution in [1.29, 1.82) is 5.26 Å². The van der Waals surface area contributed by atoms with Crippen molar-refractivity contribution in [2.45, 2.75) is 50.7 Å². The zero-order valence-corrected chi connectivity index (χ0v) is 16.5. The molecule has 0 radical (unpaired) electrons. The van der Waals surface area contributed by atoms with Crippen molar-refractivity contribution in [2.75, 3.05) is 18.0 Å². The van der Waals surface area contributed by atoms with Gasteiger partial charge < -0.3 is 9.42 Å². The summed E-state index contributed by atoms with van der Waals surface area (Å²) < 4.78 is 7.40. The molecule has 1 aliphatic carbocycles. The Bertz CT molecular complexity index is 1090. The molecule has 6 rings (SSSR count). The van der Waals surface area contributed by atoms with E-state index < -0.39 is 0 Å². The molecule has 0 N–H and O–H groups in total. The Kier molecular flexibility index (Phi) is 3.72. The first kappa shape index (κ1) is 17.0. The number of aryl methyl sites for hydroxylation is 1. The van der Waals surface area contributed by atoms with Gasteiger partial charge in [0, 0.05) is 61.2 Å². The molecule has 0 unspecified atom stereocenters. The topological polar surface area (TPSA) is 73.6 Å². The van der Waals surface area contributed by atoms with E-state index in [0.717, 1.165) is 48.5 Å². The van der Waals surface area contributed by atoms with Gasteiger partial charge in [0.25, 0.3) is 0 Å². The fourth-order valence-electron chi connectivity index (χ4n) is 5.57. The van der Waals surface area contributed by atoms with Crippen LogP contribution < -0.4 is 4.90 Å². The maximum absolute atomic E-state index is 9.13. The highest BCUT2D eigenvalue weighted by molar-refractivity contribution is 5.78. The first-order valence-electron chi connectivity index (χ1n) is 10.5. The van der Waals surface area contributed by atoms with E-state index in [0.29, 0.717) is 18.1 Å². The number of hydrogen-bond donors (Lipinski definition) is 0. The highest BCUT2D eigenvalue weighted by atomic mass is 16.5. The van der Waals surface area contributed by atoms with Crippen molar-refractivity contribution in [3.05, 3.63) is 36.3 Å². The molecule has 2 aliphatic heterocycles. The number of hydrogen-bond acceptors (Lipinski definition) is 6. The lowest BCUT2D eigenvalue weighted by molar-refractivity contribution is 0.0439. The third kappa shape index (κ3) is 2.66. The summed E-state index contributed by atoms with van der Waals surface area (Å²) in [5.74, 6) is 1.05. The molecular weight excluding hydrogens is 364 g/mol. The van der Waals surface area contributed by atoms with Crippen molar-refractivity contribution < 1.29 is 4.52 Å². The van der Waals surface area contributed by atoms with Gasteiger partial charge >= 0.3 is 0 Å². The largest absolute Gasteiger partial charge is 0.367 e. The van der Waals surface area contributed by atoms with Crippen molar-refractivity contribution in [3.63, 3.8) is 0 Å². The summed E-state index contributed by atoms with van der Waals surface area (Å²) in [6, 6.07) is 10.5. The van der Waals surface area contributed by atoms with Gasteiger partial charge in [0.15, 0.2) is 5.76 Å². The van der Waals surface area contributed by atoms with Gasteiger partial charge in [-0.2, -0.15) is 10.4 Å². The number of fused-ring (bicyclic) bond motifs is 3. The first-order valence-corrected chi connectivity index (χ1v) is 10.5. The average molecular weight is 388 g/mol. The van der Waals surface area contributed by atoms with Crippen LogP contribution in [0.25, 0.3) is 16.8 Å². The Labute approximate surface area is 169 Å². The summed E-state index contributed by atoms with van der Waals surface area (Å²) >= 11 is 0. The van der Waals surface area contributed by atoms with E-state index in [9.17, 15) is 0 Å². The molecule has 0 spiro atoms. The summed E-state index contributed by atoms with van der Waals surface area (Å²) in [5, 5.41) is 17.7. The quantitative estimate of drug-likeness (QED) is 0.686. The molecule has 148 valence electrons. The number of nitrogens with zero attached hydrogens (tertiary/aromatic N) is 6. The van der Waals surface area contributed by atoms with E-state index in [1.54, 1.807) is 0 Å². The minimum Gasteiger partial charge on any atom is -0.367 e. The van der Waals surface area contributed by atoms with Crippen LogP contribution in [0.3, 0.4) is 0 Å². The molecule has 3 aromatic heterocycles. The van der Waals surface area contributed by atoms with Gasteiger partial charge in [-0.1, -0.05) is 5.16 Å². The Morgan fingerprint density at radius 3 is 2.62 bits per heavy atom. The minimum absolute atomic E-state index is 0.274. The molecule has 3 fully saturated rings. The smallest absolute Gasteiger partial charge is 0.168 e. The maximum atomic E-state index is 9.13. The summed E-state index contributed by atoms with van der Waals surface area (Å²) in [7, 11) is 0. The SMILES string of the molecule is Cc1cc(-c2cc3c(N4C[C@H]5CC[C@H](C4)N5C4CC(C#N)C4)ccnn3c2)on1. The van der Waals surface area contributed by atoms with Gasteiger partial charge in [-0.05, 0) is 44.7 Å². The van der Waals surface area contributed by atoms with Gasteiger partial charge in [-0.3, -0.25) is 4.90 Å². The standard InChI is InChI=1S/C22H24N6O/c1-14-6-22(29-25-14)16-9-21-20(4-5-24-27(21)11-16)26-12-17-2-3-18(13-26)28(17)19-7-15(8-19)10-23/h4-6,9,11,15,17-19H,2-3,7-8,12-13H2,1H3/t15?,17-,18-,19?/m1/s1. The Hall–Kier alpha value is -2.85. The van der Waals surface area contributed by atoms with Crippen LogP contribution in [-0.2, 0) is 0 Å². The number of nitriles is 1. The van der Waals surface area contributed by atoms with Gasteiger partial charge in [-0.15, -0.1) is 0 Å². The van der Waals surface area contributed by atoms with Crippen LogP contribution in [-0.4, -0.2) is 50.9 Å². The highest BCUT2D eigenvalue weighted by Crippen LogP contribution is 2.42. The fourth-order valence-corrected chi connectivity index (χ4v) is 5.57. The molecule has 5 heterocycles. The molecule has 2 atom stereocenters. The number of anilines is 1. The van der Waals surface area contributed by atoms with Crippen LogP contribution in [0.2, 0.25) is 0 Å². The second-order valence-corrected chi connectivity index (χ2v) is 8.80. The molecule has 0 aromatic carbocycles. The first-order chi connectivity index (χ1) is 14.2. The van der Waals surface area contributed by atoms with E-state index >= 15 is 0 Å². The predicted molar refractivity (Wildman–Crippen MR) is 108 cm³/mol. The molecular formula is C22H24N6O. The molecule has 3 aromatic rings. The summed E-state index contributed by atoms with van der Waals surface area (Å²) in [6.07, 6.45) is 8.54. The normalized spacial score (nSPS) is 29.2. The van der Waals surface area contributed by atoms with E-state index in [1.807, 2.05) is 29.9 Å². The summed E-state index contributed by atoms with van der Waals surface area (Å²) in [4.78, 5) is 5.27. The molecule has 7 heteroatoms. The zero-order chi connectivity index (χ0) is 19.5. The van der Waals surface area contributed by atoms with Crippen LogP contribution in [0.15, 0.2) is 35.1 Å². The van der Waals surface area contributed by atoms with Gasteiger partial charge in [-0.25, -0.2) is 4.52 Å². The number of rotatable bonds is 3. The predicted octanol–water partition coefficient (Wildman–Crippen LogP) is 3.25. The second kappa shape index (κ2) is 6.33. The Balaban J connectivity index is 1.28. The second-order valence-electron chi connectivity index (χ2n) is 8.80. The summed E-state index contributed by atoms with van der Waals surface area (Å²) in [5.41, 5.74) is 4.23. The Morgan fingerprint density at radius 1 is 1.14 bits per heavy atom. The lowest BCUT2D eigenvalue weighted by Gasteiger charge is -2.49. The summed E-state index contributed by atoms with van der Waals surface area (Å²) in [6.45, 7) is 4.03. The van der Waals surface area contributed by atoms with E-state index in [2.05, 4.69) is 38.3 Å². The van der Waals surface area contributed by atoms with Gasteiger partial charge in [0.1, 0.15) is 0 Å². The van der Waals surface area contributed by atoms with Crippen LogP contribution in [0.5, 0.6) is 0 Å². The number of piperazine rings is 1. The minimum atomic E-state index is 0.274. The number of aromatic nitrogens is 3. The lowest BCUT2D eigenvalue weighted by atomic mass is 9.79. The van der Waals surface area contributed by atoms with Crippen molar-refractivity contribution in [2.24, 2.45) is 5.92 Å². The third-order valence-corrected chi connectivity index (χ3v) is 7.00. The van der Waals surface area contributed by atoms with E-state index in [4.69, 9.17) is 9.78 Å².